The summed E-state index contributed by atoms with van der Waals surface area (Å²) in [5.41, 5.74) is 1.78. The SMILES string of the molecule is Cc1ccc(NS(=O)(=O)c2cc(C(=O)Nc3ccc(S(=O)(=O)Nc4ccc(F)cc4)cc3)ccc2Cl)cc1. The average molecular weight is 574 g/mol. The van der Waals surface area contributed by atoms with Crippen LogP contribution in [0, 0.1) is 12.7 Å². The van der Waals surface area contributed by atoms with E-state index >= 15 is 0 Å². The van der Waals surface area contributed by atoms with Crippen LogP contribution in [-0.2, 0) is 20.0 Å². The highest BCUT2D eigenvalue weighted by molar-refractivity contribution is 7.93. The first-order valence-corrected chi connectivity index (χ1v) is 14.4. The second-order valence-corrected chi connectivity index (χ2v) is 11.9. The number of carbonyl (C=O) groups excluding carboxylic acids is 1. The van der Waals surface area contributed by atoms with Crippen LogP contribution in [-0.4, -0.2) is 22.7 Å². The Labute approximate surface area is 224 Å². The Morgan fingerprint density at radius 1 is 0.711 bits per heavy atom. The van der Waals surface area contributed by atoms with Gasteiger partial charge in [0.1, 0.15) is 10.7 Å². The minimum absolute atomic E-state index is 0.0216. The van der Waals surface area contributed by atoms with Gasteiger partial charge in [-0.25, -0.2) is 21.2 Å². The maximum atomic E-state index is 13.1. The minimum Gasteiger partial charge on any atom is -0.322 e. The van der Waals surface area contributed by atoms with Crippen LogP contribution in [0.4, 0.5) is 21.5 Å². The Morgan fingerprint density at radius 3 is 1.84 bits per heavy atom. The Bertz CT molecular complexity index is 1690. The molecule has 0 saturated carbocycles. The molecule has 0 aliphatic carbocycles. The molecule has 0 fully saturated rings. The number of sulfonamides is 2. The zero-order valence-electron chi connectivity index (χ0n) is 19.8. The molecular weight excluding hydrogens is 553 g/mol. The minimum atomic E-state index is -4.09. The summed E-state index contributed by atoms with van der Waals surface area (Å²) in [7, 11) is -8.04. The maximum absolute atomic E-state index is 13.1. The molecule has 4 aromatic carbocycles. The van der Waals surface area contributed by atoms with Crippen molar-refractivity contribution in [1.82, 2.24) is 0 Å². The lowest BCUT2D eigenvalue weighted by Gasteiger charge is -2.12. The van der Waals surface area contributed by atoms with Gasteiger partial charge >= 0.3 is 0 Å². The smallest absolute Gasteiger partial charge is 0.263 e. The van der Waals surface area contributed by atoms with Gasteiger partial charge in [-0.3, -0.25) is 14.2 Å². The van der Waals surface area contributed by atoms with Gasteiger partial charge < -0.3 is 5.32 Å². The zero-order chi connectivity index (χ0) is 27.5. The molecule has 0 aromatic heterocycles. The summed E-state index contributed by atoms with van der Waals surface area (Å²) in [5, 5.41) is 2.53. The summed E-state index contributed by atoms with van der Waals surface area (Å²) in [5.74, 6) is -1.13. The number of aryl methyl sites for hydroxylation is 1. The van der Waals surface area contributed by atoms with Crippen LogP contribution in [0.2, 0.25) is 5.02 Å². The molecule has 4 aromatic rings. The normalized spacial score (nSPS) is 11.6. The van der Waals surface area contributed by atoms with Gasteiger partial charge in [0, 0.05) is 22.6 Å². The number of rotatable bonds is 8. The summed E-state index contributed by atoms with van der Waals surface area (Å²) < 4.78 is 68.8. The number of halogens is 2. The first kappa shape index (κ1) is 27.1. The number of nitrogens with one attached hydrogen (secondary N) is 3. The van der Waals surface area contributed by atoms with Gasteiger partial charge in [0.15, 0.2) is 0 Å². The third-order valence-electron chi connectivity index (χ3n) is 5.31. The van der Waals surface area contributed by atoms with Gasteiger partial charge in [-0.2, -0.15) is 0 Å². The Kier molecular flexibility index (Phi) is 7.72. The van der Waals surface area contributed by atoms with Crippen LogP contribution in [0.3, 0.4) is 0 Å². The molecule has 12 heteroatoms. The summed E-state index contributed by atoms with van der Waals surface area (Å²) in [6.45, 7) is 1.87. The third-order valence-corrected chi connectivity index (χ3v) is 8.57. The largest absolute Gasteiger partial charge is 0.322 e. The summed E-state index contributed by atoms with van der Waals surface area (Å²) in [6, 6.07) is 20.7. The summed E-state index contributed by atoms with van der Waals surface area (Å²) in [4.78, 5) is 12.5. The van der Waals surface area contributed by atoms with E-state index in [0.29, 0.717) is 5.69 Å². The molecule has 0 atom stereocenters. The quantitative estimate of drug-likeness (QED) is 0.252. The number of benzene rings is 4. The molecule has 0 aliphatic rings. The number of hydrogen-bond donors (Lipinski definition) is 3. The lowest BCUT2D eigenvalue weighted by Crippen LogP contribution is -2.17. The molecule has 3 N–H and O–H groups in total. The Balaban J connectivity index is 1.49. The van der Waals surface area contributed by atoms with Crippen molar-refractivity contribution in [2.45, 2.75) is 16.7 Å². The predicted molar refractivity (Wildman–Crippen MR) is 145 cm³/mol. The van der Waals surface area contributed by atoms with Crippen LogP contribution in [0.1, 0.15) is 15.9 Å². The lowest BCUT2D eigenvalue weighted by molar-refractivity contribution is 0.102. The molecule has 0 heterocycles. The second kappa shape index (κ2) is 10.8. The summed E-state index contributed by atoms with van der Waals surface area (Å²) >= 11 is 6.13. The molecular formula is C26H21ClFN3O5S2. The first-order chi connectivity index (χ1) is 17.9. The van der Waals surface area contributed by atoms with Crippen molar-refractivity contribution in [2.75, 3.05) is 14.8 Å². The highest BCUT2D eigenvalue weighted by atomic mass is 35.5. The molecule has 38 heavy (non-hydrogen) atoms. The maximum Gasteiger partial charge on any atom is 0.263 e. The topological polar surface area (TPSA) is 121 Å². The van der Waals surface area contributed by atoms with Gasteiger partial charge in [-0.1, -0.05) is 29.3 Å². The molecule has 8 nitrogen and oxygen atoms in total. The number of anilines is 3. The van der Waals surface area contributed by atoms with Gasteiger partial charge in [-0.05, 0) is 85.8 Å². The highest BCUT2D eigenvalue weighted by Crippen LogP contribution is 2.26. The van der Waals surface area contributed by atoms with E-state index in [0.717, 1.165) is 23.8 Å². The van der Waals surface area contributed by atoms with Crippen LogP contribution in [0.5, 0.6) is 0 Å². The van der Waals surface area contributed by atoms with E-state index < -0.39 is 31.8 Å². The van der Waals surface area contributed by atoms with Gasteiger partial charge in [0.05, 0.1) is 9.92 Å². The number of amides is 1. The van der Waals surface area contributed by atoms with Gasteiger partial charge in [0.25, 0.3) is 26.0 Å². The van der Waals surface area contributed by atoms with E-state index in [1.165, 1.54) is 48.5 Å². The van der Waals surface area contributed by atoms with E-state index in [-0.39, 0.29) is 31.8 Å². The average Bonchev–Trinajstić information content (AvgIpc) is 2.87. The summed E-state index contributed by atoms with van der Waals surface area (Å²) in [6.07, 6.45) is 0. The molecule has 0 saturated heterocycles. The fourth-order valence-electron chi connectivity index (χ4n) is 3.33. The first-order valence-electron chi connectivity index (χ1n) is 11.0. The fraction of sp³-hybridized carbons (Fsp3) is 0.0385. The lowest BCUT2D eigenvalue weighted by atomic mass is 10.2. The predicted octanol–water partition coefficient (Wildman–Crippen LogP) is 5.64. The number of hydrogen-bond acceptors (Lipinski definition) is 5. The molecule has 0 unspecified atom stereocenters. The molecule has 0 radical (unpaired) electrons. The third kappa shape index (κ3) is 6.49. The molecule has 0 aliphatic heterocycles. The molecule has 196 valence electrons. The molecule has 4 rings (SSSR count). The van der Waals surface area contributed by atoms with Crippen LogP contribution >= 0.6 is 11.6 Å². The second-order valence-electron chi connectivity index (χ2n) is 8.21. The van der Waals surface area contributed by atoms with Crippen LogP contribution < -0.4 is 14.8 Å². The van der Waals surface area contributed by atoms with Crippen molar-refractivity contribution >= 4 is 54.6 Å². The Morgan fingerprint density at radius 2 is 1.24 bits per heavy atom. The van der Waals surface area contributed by atoms with Crippen molar-refractivity contribution in [3.05, 3.63) is 113 Å². The Hall–Kier alpha value is -3.93. The van der Waals surface area contributed by atoms with Crippen molar-refractivity contribution in [2.24, 2.45) is 0 Å². The molecule has 1 amide bonds. The monoisotopic (exact) mass is 573 g/mol. The van der Waals surface area contributed by atoms with Crippen molar-refractivity contribution < 1.29 is 26.0 Å². The van der Waals surface area contributed by atoms with Crippen molar-refractivity contribution in [3.63, 3.8) is 0 Å². The molecule has 0 bridgehead atoms. The highest BCUT2D eigenvalue weighted by Gasteiger charge is 2.21. The van der Waals surface area contributed by atoms with Crippen molar-refractivity contribution in [3.8, 4) is 0 Å². The van der Waals surface area contributed by atoms with Crippen LogP contribution in [0.25, 0.3) is 0 Å². The van der Waals surface area contributed by atoms with E-state index in [4.69, 9.17) is 11.6 Å². The molecule has 0 spiro atoms. The van der Waals surface area contributed by atoms with Crippen molar-refractivity contribution in [1.29, 1.82) is 0 Å². The van der Waals surface area contributed by atoms with E-state index in [1.54, 1.807) is 24.3 Å². The number of carbonyl (C=O) groups is 1. The van der Waals surface area contributed by atoms with E-state index in [2.05, 4.69) is 14.8 Å². The van der Waals surface area contributed by atoms with E-state index in [9.17, 15) is 26.0 Å². The van der Waals surface area contributed by atoms with Gasteiger partial charge in [-0.15, -0.1) is 0 Å². The van der Waals surface area contributed by atoms with Crippen LogP contribution in [0.15, 0.2) is 101 Å². The fourth-order valence-corrected chi connectivity index (χ4v) is 5.98. The van der Waals surface area contributed by atoms with E-state index in [1.807, 2.05) is 6.92 Å². The zero-order valence-corrected chi connectivity index (χ0v) is 22.2. The standard InChI is InChI=1S/C26H21ClFN3O5S2/c1-17-2-7-21(8-3-17)31-38(35,36)25-16-18(4-15-24(25)27)26(32)29-20-11-13-23(14-12-20)37(33,34)30-22-9-5-19(28)6-10-22/h2-16,30-31H,1H3,(H,29,32). The van der Waals surface area contributed by atoms with Gasteiger partial charge in [0.2, 0.25) is 0 Å².